The van der Waals surface area contributed by atoms with Crippen LogP contribution in [-0.4, -0.2) is 19.2 Å². The van der Waals surface area contributed by atoms with Gasteiger partial charge in [0.15, 0.2) is 5.15 Å². The van der Waals surface area contributed by atoms with E-state index < -0.39 is 17.4 Å². The molecule has 0 aliphatic heterocycles. The smallest absolute Gasteiger partial charge is 0.269 e. The van der Waals surface area contributed by atoms with E-state index in [2.05, 4.69) is 16.2 Å². The molecule has 10 heteroatoms. The Hall–Kier alpha value is -2.86. The van der Waals surface area contributed by atoms with Crippen molar-refractivity contribution in [2.75, 3.05) is 0 Å². The van der Waals surface area contributed by atoms with Crippen LogP contribution < -0.4 is 5.56 Å². The summed E-state index contributed by atoms with van der Waals surface area (Å²) in [6.07, 6.45) is -3.96. The van der Waals surface area contributed by atoms with Crippen molar-refractivity contribution < 1.29 is 13.2 Å². The second kappa shape index (κ2) is 6.34. The number of aromatic nitrogens is 4. The highest BCUT2D eigenvalue weighted by atomic mass is 35.5. The number of aryl methyl sites for hydroxylation is 1. The number of pyridine rings is 1. The molecular weight excluding hydrogens is 395 g/mol. The van der Waals surface area contributed by atoms with Crippen LogP contribution in [0.4, 0.5) is 13.2 Å². The summed E-state index contributed by atoms with van der Waals surface area (Å²) in [6.45, 7) is 1.49. The molecule has 1 fully saturated rings. The second-order valence-electron chi connectivity index (χ2n) is 6.82. The Kier molecular flexibility index (Phi) is 4.19. The summed E-state index contributed by atoms with van der Waals surface area (Å²) < 4.78 is 41.5. The Labute approximate surface area is 161 Å². The third kappa shape index (κ3) is 3.24. The molecule has 3 heterocycles. The van der Waals surface area contributed by atoms with Crippen LogP contribution in [0.1, 0.15) is 35.0 Å². The molecule has 2 atom stereocenters. The van der Waals surface area contributed by atoms with E-state index in [9.17, 15) is 18.0 Å². The van der Waals surface area contributed by atoms with Gasteiger partial charge in [-0.05, 0) is 31.0 Å². The number of fused-ring (bicyclic) bond motifs is 1. The van der Waals surface area contributed by atoms with E-state index in [0.717, 1.165) is 11.6 Å². The minimum atomic E-state index is -4.63. The first kappa shape index (κ1) is 18.5. The minimum absolute atomic E-state index is 0.0421. The molecule has 1 aliphatic rings. The number of halogens is 4. The molecule has 0 amide bonds. The Balaban J connectivity index is 1.80. The lowest BCUT2D eigenvalue weighted by Crippen LogP contribution is -2.21. The lowest BCUT2D eigenvalue weighted by molar-refractivity contribution is -0.144. The van der Waals surface area contributed by atoms with Crippen molar-refractivity contribution in [3.63, 3.8) is 0 Å². The average Bonchev–Trinajstić information content (AvgIpc) is 3.28. The van der Waals surface area contributed by atoms with E-state index in [-0.39, 0.29) is 29.2 Å². The number of hydrogen-bond donors (Lipinski definition) is 0. The molecule has 0 radical (unpaired) electrons. The van der Waals surface area contributed by atoms with Gasteiger partial charge in [0.1, 0.15) is 11.3 Å². The average molecular weight is 408 g/mol. The third-order valence-electron chi connectivity index (χ3n) is 4.68. The number of alkyl halides is 3. The second-order valence-corrected chi connectivity index (χ2v) is 7.21. The maximum absolute atomic E-state index is 13.1. The summed E-state index contributed by atoms with van der Waals surface area (Å²) in [4.78, 5) is 17.1. The largest absolute Gasteiger partial charge is 0.433 e. The molecule has 3 aromatic heterocycles. The Morgan fingerprint density at radius 3 is 2.71 bits per heavy atom. The summed E-state index contributed by atoms with van der Waals surface area (Å²) in [6, 6.07) is 7.63. The quantitative estimate of drug-likeness (QED) is 0.665. The summed E-state index contributed by atoms with van der Waals surface area (Å²) in [7, 11) is 0. The Bertz CT molecular complexity index is 1190. The zero-order valence-electron chi connectivity index (χ0n) is 14.5. The lowest BCUT2D eigenvalue weighted by Gasteiger charge is -2.12. The molecule has 144 valence electrons. The van der Waals surface area contributed by atoms with Gasteiger partial charge >= 0.3 is 6.18 Å². The molecular formula is C18H13ClF3N5O. The molecule has 0 spiro atoms. The van der Waals surface area contributed by atoms with Crippen molar-refractivity contribution in [1.82, 2.24) is 19.2 Å². The number of nitrogens with zero attached hydrogens (tertiary/aromatic N) is 5. The highest BCUT2D eigenvalue weighted by Gasteiger charge is 2.40. The van der Waals surface area contributed by atoms with Gasteiger partial charge in [-0.3, -0.25) is 13.9 Å². The molecule has 0 aromatic carbocycles. The van der Waals surface area contributed by atoms with Crippen molar-refractivity contribution >= 4 is 17.2 Å². The van der Waals surface area contributed by atoms with Crippen molar-refractivity contribution in [3.8, 4) is 6.07 Å². The van der Waals surface area contributed by atoms with Crippen LogP contribution in [0.3, 0.4) is 0 Å². The van der Waals surface area contributed by atoms with Crippen molar-refractivity contribution in [2.24, 2.45) is 5.92 Å². The summed E-state index contributed by atoms with van der Waals surface area (Å²) in [5.74, 6) is -0.184. The van der Waals surface area contributed by atoms with Gasteiger partial charge in [0.05, 0.1) is 24.2 Å². The first-order valence-electron chi connectivity index (χ1n) is 8.41. The molecule has 4 rings (SSSR count). The lowest BCUT2D eigenvalue weighted by atomic mass is 10.1. The monoisotopic (exact) mass is 407 g/mol. The fourth-order valence-corrected chi connectivity index (χ4v) is 3.55. The third-order valence-corrected chi connectivity index (χ3v) is 4.86. The molecule has 28 heavy (non-hydrogen) atoms. The SMILES string of the molecule is Cc1cc(C2CC2C#N)n2c(=O)cc(Cn3nc(Cl)cc3C(F)(F)F)nc2c1. The van der Waals surface area contributed by atoms with Crippen LogP contribution in [0.15, 0.2) is 29.1 Å². The number of rotatable bonds is 3. The van der Waals surface area contributed by atoms with Gasteiger partial charge < -0.3 is 0 Å². The number of hydrogen-bond acceptors (Lipinski definition) is 4. The van der Waals surface area contributed by atoms with E-state index >= 15 is 0 Å². The van der Waals surface area contributed by atoms with Crippen LogP contribution in [0, 0.1) is 24.2 Å². The fourth-order valence-electron chi connectivity index (χ4n) is 3.35. The van der Waals surface area contributed by atoms with Gasteiger partial charge in [-0.2, -0.15) is 23.5 Å². The van der Waals surface area contributed by atoms with E-state index in [1.54, 1.807) is 6.07 Å². The van der Waals surface area contributed by atoms with Gasteiger partial charge in [0.25, 0.3) is 5.56 Å². The van der Waals surface area contributed by atoms with E-state index in [1.807, 2.05) is 13.0 Å². The van der Waals surface area contributed by atoms with Gasteiger partial charge in [-0.15, -0.1) is 0 Å². The highest BCUT2D eigenvalue weighted by Crippen LogP contribution is 2.46. The maximum atomic E-state index is 13.1. The molecule has 2 unspecified atom stereocenters. The van der Waals surface area contributed by atoms with Gasteiger partial charge in [0, 0.05) is 23.7 Å². The molecule has 0 bridgehead atoms. The Morgan fingerprint density at radius 1 is 1.32 bits per heavy atom. The zero-order chi connectivity index (χ0) is 20.2. The van der Waals surface area contributed by atoms with E-state index in [4.69, 9.17) is 16.9 Å². The van der Waals surface area contributed by atoms with Crippen molar-refractivity contribution in [1.29, 1.82) is 5.26 Å². The summed E-state index contributed by atoms with van der Waals surface area (Å²) in [5.41, 5.74) is 0.585. The van der Waals surface area contributed by atoms with Crippen molar-refractivity contribution in [3.05, 3.63) is 62.4 Å². The predicted molar refractivity (Wildman–Crippen MR) is 94.0 cm³/mol. The van der Waals surface area contributed by atoms with Gasteiger partial charge in [0.2, 0.25) is 0 Å². The zero-order valence-corrected chi connectivity index (χ0v) is 15.3. The molecule has 0 saturated heterocycles. The normalized spacial score (nSPS) is 19.0. The van der Waals surface area contributed by atoms with Crippen LogP contribution in [0.2, 0.25) is 5.15 Å². The number of nitriles is 1. The molecule has 3 aromatic rings. The molecule has 0 N–H and O–H groups in total. The molecule has 1 saturated carbocycles. The Morgan fingerprint density at radius 2 is 2.07 bits per heavy atom. The van der Waals surface area contributed by atoms with Crippen LogP contribution in [0.25, 0.3) is 5.65 Å². The fraction of sp³-hybridized carbons (Fsp3) is 0.333. The molecule has 1 aliphatic carbocycles. The van der Waals surface area contributed by atoms with E-state index in [0.29, 0.717) is 22.4 Å². The van der Waals surface area contributed by atoms with Crippen LogP contribution >= 0.6 is 11.6 Å². The van der Waals surface area contributed by atoms with E-state index in [1.165, 1.54) is 10.5 Å². The standard InChI is InChI=1S/C18H13ClF3N5O/c1-9-2-13(12-4-10(12)7-23)27-16(3-9)24-11(5-17(27)28)8-26-14(18(20,21)22)6-15(19)25-26/h2-3,5-6,10,12H,4,8H2,1H3. The van der Waals surface area contributed by atoms with Gasteiger partial charge in [-0.1, -0.05) is 11.6 Å². The first-order valence-corrected chi connectivity index (χ1v) is 8.78. The highest BCUT2D eigenvalue weighted by molar-refractivity contribution is 6.29. The van der Waals surface area contributed by atoms with Crippen LogP contribution in [-0.2, 0) is 12.7 Å². The van der Waals surface area contributed by atoms with Gasteiger partial charge in [-0.25, -0.2) is 4.98 Å². The topological polar surface area (TPSA) is 76.0 Å². The minimum Gasteiger partial charge on any atom is -0.269 e. The molecule has 6 nitrogen and oxygen atoms in total. The first-order chi connectivity index (χ1) is 13.2. The summed E-state index contributed by atoms with van der Waals surface area (Å²) in [5, 5.41) is 12.4. The maximum Gasteiger partial charge on any atom is 0.433 e. The van der Waals surface area contributed by atoms with Crippen molar-refractivity contribution in [2.45, 2.75) is 32.0 Å². The summed E-state index contributed by atoms with van der Waals surface area (Å²) >= 11 is 5.63. The van der Waals surface area contributed by atoms with Crippen LogP contribution in [0.5, 0.6) is 0 Å². The predicted octanol–water partition coefficient (Wildman–Crippen LogP) is 3.55.